The smallest absolute Gasteiger partial charge is 0.326 e. The number of carbonyl (C=O) groups excluding carboxylic acids is 2. The highest BCUT2D eigenvalue weighted by atomic mass is 127. The van der Waals surface area contributed by atoms with Gasteiger partial charge in [-0.25, -0.2) is 0 Å². The summed E-state index contributed by atoms with van der Waals surface area (Å²) in [6.45, 7) is 0. The molecule has 1 aliphatic carbocycles. The minimum absolute atomic E-state index is 0.0551. The molecule has 2 unspecified atom stereocenters. The molecule has 0 aliphatic heterocycles. The first-order valence-corrected chi connectivity index (χ1v) is 8.64. The standard InChI is InChI=1S/C18H18INO4/c1-23-15(21)17(12-20)9-14(10-19)18(11-17,16(22)24-2)8-13-6-4-3-5-7-13/h3-7,10H,8-9,11H2,1-2H3/b14-10-. The molecular formula is C18H18INO4. The first kappa shape index (κ1) is 18.5. The van der Waals surface area contributed by atoms with Crippen molar-refractivity contribution in [1.82, 2.24) is 0 Å². The van der Waals surface area contributed by atoms with Gasteiger partial charge in [0.1, 0.15) is 0 Å². The van der Waals surface area contributed by atoms with Crippen LogP contribution in [-0.4, -0.2) is 26.2 Å². The van der Waals surface area contributed by atoms with Crippen molar-refractivity contribution in [2.24, 2.45) is 10.8 Å². The summed E-state index contributed by atoms with van der Waals surface area (Å²) in [4.78, 5) is 24.9. The number of ether oxygens (including phenoxy) is 2. The molecule has 0 aromatic heterocycles. The highest BCUT2D eigenvalue weighted by Crippen LogP contribution is 2.56. The summed E-state index contributed by atoms with van der Waals surface area (Å²) in [5.74, 6) is -1.05. The van der Waals surface area contributed by atoms with Crippen LogP contribution in [0, 0.1) is 22.2 Å². The lowest BCUT2D eigenvalue weighted by atomic mass is 9.75. The Morgan fingerprint density at radius 2 is 1.88 bits per heavy atom. The van der Waals surface area contributed by atoms with Crippen LogP contribution >= 0.6 is 22.6 Å². The molecule has 0 saturated heterocycles. The van der Waals surface area contributed by atoms with Gasteiger partial charge in [0.05, 0.1) is 25.7 Å². The van der Waals surface area contributed by atoms with Crippen molar-refractivity contribution in [3.05, 3.63) is 45.6 Å². The maximum atomic E-state index is 12.7. The summed E-state index contributed by atoms with van der Waals surface area (Å²) in [7, 11) is 2.58. The predicted molar refractivity (Wildman–Crippen MR) is 96.0 cm³/mol. The van der Waals surface area contributed by atoms with Gasteiger partial charge in [0.2, 0.25) is 0 Å². The summed E-state index contributed by atoms with van der Waals surface area (Å²) in [6.07, 6.45) is 0.594. The van der Waals surface area contributed by atoms with Crippen LogP contribution < -0.4 is 0 Å². The molecule has 2 rings (SSSR count). The normalized spacial score (nSPS) is 27.5. The molecule has 0 N–H and O–H groups in total. The van der Waals surface area contributed by atoms with E-state index in [4.69, 9.17) is 9.47 Å². The number of rotatable bonds is 4. The fraction of sp³-hybridized carbons (Fsp3) is 0.389. The van der Waals surface area contributed by atoms with Gasteiger partial charge in [0, 0.05) is 0 Å². The van der Waals surface area contributed by atoms with Gasteiger partial charge in [-0.15, -0.1) is 0 Å². The zero-order valence-electron chi connectivity index (χ0n) is 13.5. The number of esters is 2. The van der Waals surface area contributed by atoms with Gasteiger partial charge in [-0.3, -0.25) is 9.59 Å². The van der Waals surface area contributed by atoms with E-state index in [2.05, 4.69) is 6.07 Å². The Morgan fingerprint density at radius 3 is 2.38 bits per heavy atom. The molecule has 1 saturated carbocycles. The van der Waals surface area contributed by atoms with Gasteiger partial charge in [-0.2, -0.15) is 5.26 Å². The summed E-state index contributed by atoms with van der Waals surface area (Å²) >= 11 is 2.04. The fourth-order valence-electron chi connectivity index (χ4n) is 3.38. The maximum Gasteiger partial charge on any atom is 0.326 e. The Balaban J connectivity index is 2.55. The molecule has 1 aromatic rings. The van der Waals surface area contributed by atoms with Crippen molar-refractivity contribution in [3.63, 3.8) is 0 Å². The molecule has 0 radical (unpaired) electrons. The number of nitriles is 1. The van der Waals surface area contributed by atoms with Crippen LogP contribution in [0.15, 0.2) is 40.0 Å². The molecule has 6 heteroatoms. The van der Waals surface area contributed by atoms with Crippen molar-refractivity contribution < 1.29 is 19.1 Å². The van der Waals surface area contributed by atoms with Gasteiger partial charge in [0.25, 0.3) is 0 Å². The third-order valence-corrected chi connectivity index (χ3v) is 5.31. The Labute approximate surface area is 154 Å². The molecule has 0 amide bonds. The Bertz CT molecular complexity index is 709. The van der Waals surface area contributed by atoms with Crippen LogP contribution in [0.4, 0.5) is 0 Å². The minimum atomic E-state index is -1.37. The minimum Gasteiger partial charge on any atom is -0.468 e. The number of methoxy groups -OCH3 is 2. The number of nitrogens with zero attached hydrogens (tertiary/aromatic N) is 1. The SMILES string of the molecule is COC(=O)C1(C#N)C/C(=C/I)C(Cc2ccccc2)(C(=O)OC)C1. The van der Waals surface area contributed by atoms with Crippen LogP contribution in [0.25, 0.3) is 0 Å². The third kappa shape index (κ3) is 3.05. The van der Waals surface area contributed by atoms with Crippen molar-refractivity contribution in [3.8, 4) is 6.07 Å². The molecule has 0 heterocycles. The van der Waals surface area contributed by atoms with Gasteiger partial charge in [0.15, 0.2) is 5.41 Å². The first-order valence-electron chi connectivity index (χ1n) is 7.40. The quantitative estimate of drug-likeness (QED) is 0.532. The molecule has 0 bridgehead atoms. The van der Waals surface area contributed by atoms with E-state index in [0.717, 1.165) is 11.1 Å². The van der Waals surface area contributed by atoms with Gasteiger partial charge < -0.3 is 9.47 Å². The van der Waals surface area contributed by atoms with E-state index in [9.17, 15) is 14.9 Å². The summed E-state index contributed by atoms with van der Waals surface area (Å²) < 4.78 is 11.7. The number of hydrogen-bond acceptors (Lipinski definition) is 5. The average molecular weight is 439 g/mol. The lowest BCUT2D eigenvalue weighted by Crippen LogP contribution is -2.37. The Hall–Kier alpha value is -1.88. The third-order valence-electron chi connectivity index (χ3n) is 4.56. The first-order chi connectivity index (χ1) is 11.5. The number of benzene rings is 1. The van der Waals surface area contributed by atoms with E-state index in [1.54, 1.807) is 4.08 Å². The lowest BCUT2D eigenvalue weighted by Gasteiger charge is -2.28. The maximum absolute atomic E-state index is 12.7. The van der Waals surface area contributed by atoms with E-state index in [1.165, 1.54) is 14.2 Å². The van der Waals surface area contributed by atoms with E-state index >= 15 is 0 Å². The van der Waals surface area contributed by atoms with E-state index in [0.29, 0.717) is 6.42 Å². The molecule has 1 aromatic carbocycles. The van der Waals surface area contributed by atoms with Crippen LogP contribution in [0.5, 0.6) is 0 Å². The lowest BCUT2D eigenvalue weighted by molar-refractivity contribution is -0.153. The summed E-state index contributed by atoms with van der Waals surface area (Å²) in [6, 6.07) is 11.6. The zero-order chi connectivity index (χ0) is 17.8. The summed E-state index contributed by atoms with van der Waals surface area (Å²) in [5.41, 5.74) is -0.737. The van der Waals surface area contributed by atoms with Crippen LogP contribution in [-0.2, 0) is 25.5 Å². The van der Waals surface area contributed by atoms with Gasteiger partial charge in [-0.05, 0) is 34.5 Å². The van der Waals surface area contributed by atoms with E-state index in [1.807, 2.05) is 52.9 Å². The molecule has 1 aliphatic rings. The monoisotopic (exact) mass is 439 g/mol. The zero-order valence-corrected chi connectivity index (χ0v) is 15.7. The largest absolute Gasteiger partial charge is 0.468 e. The fourth-order valence-corrected chi connectivity index (χ4v) is 4.20. The average Bonchev–Trinajstić information content (AvgIpc) is 2.97. The number of carbonyl (C=O) groups is 2. The molecule has 5 nitrogen and oxygen atoms in total. The molecule has 24 heavy (non-hydrogen) atoms. The van der Waals surface area contributed by atoms with Crippen LogP contribution in [0.1, 0.15) is 18.4 Å². The number of hydrogen-bond donors (Lipinski definition) is 0. The van der Waals surface area contributed by atoms with Crippen LogP contribution in [0.3, 0.4) is 0 Å². The van der Waals surface area contributed by atoms with Crippen LogP contribution in [0.2, 0.25) is 0 Å². The summed E-state index contributed by atoms with van der Waals surface area (Å²) in [5, 5.41) is 9.65. The van der Waals surface area contributed by atoms with Crippen molar-refractivity contribution >= 4 is 34.5 Å². The van der Waals surface area contributed by atoms with Gasteiger partial charge in [-0.1, -0.05) is 52.9 Å². The van der Waals surface area contributed by atoms with E-state index in [-0.39, 0.29) is 12.8 Å². The molecule has 0 spiro atoms. The molecule has 1 fully saturated rings. The molecule has 126 valence electrons. The molecular weight excluding hydrogens is 421 g/mol. The Morgan fingerprint density at radius 1 is 1.25 bits per heavy atom. The number of halogens is 1. The molecule has 2 atom stereocenters. The van der Waals surface area contributed by atoms with E-state index < -0.39 is 22.8 Å². The highest BCUT2D eigenvalue weighted by Gasteiger charge is 2.60. The van der Waals surface area contributed by atoms with Crippen molar-refractivity contribution in [2.45, 2.75) is 19.3 Å². The Kier molecular flexibility index (Phi) is 5.65. The second-order valence-electron chi connectivity index (χ2n) is 5.91. The second kappa shape index (κ2) is 7.34. The van der Waals surface area contributed by atoms with Crippen molar-refractivity contribution in [1.29, 1.82) is 5.26 Å². The van der Waals surface area contributed by atoms with Crippen molar-refractivity contribution in [2.75, 3.05) is 14.2 Å². The van der Waals surface area contributed by atoms with Gasteiger partial charge >= 0.3 is 11.9 Å². The highest BCUT2D eigenvalue weighted by molar-refractivity contribution is 14.1. The predicted octanol–water partition coefficient (Wildman–Crippen LogP) is 3.18. The second-order valence-corrected chi connectivity index (χ2v) is 6.53. The topological polar surface area (TPSA) is 76.4 Å².